The van der Waals surface area contributed by atoms with E-state index in [4.69, 9.17) is 9.63 Å². The first kappa shape index (κ1) is 12.6. The van der Waals surface area contributed by atoms with Crippen molar-refractivity contribution in [2.75, 3.05) is 0 Å². The molecule has 0 saturated carbocycles. The van der Waals surface area contributed by atoms with Gasteiger partial charge in [0.2, 0.25) is 0 Å². The number of carboxylic acids is 1. The van der Waals surface area contributed by atoms with Gasteiger partial charge in [-0.15, -0.1) is 0 Å². The highest BCUT2D eigenvalue weighted by atomic mass is 79.9. The van der Waals surface area contributed by atoms with Gasteiger partial charge in [-0.25, -0.2) is 14.3 Å². The Labute approximate surface area is 111 Å². The summed E-state index contributed by atoms with van der Waals surface area (Å²) in [5, 5.41) is 8.88. The second kappa shape index (κ2) is 4.81. The average molecular weight is 312 g/mol. The van der Waals surface area contributed by atoms with E-state index in [1.54, 1.807) is 6.92 Å². The van der Waals surface area contributed by atoms with Crippen LogP contribution in [-0.4, -0.2) is 15.8 Å². The van der Waals surface area contributed by atoms with Gasteiger partial charge in [0, 0.05) is 4.47 Å². The first-order valence-corrected chi connectivity index (χ1v) is 5.97. The predicted molar refractivity (Wildman–Crippen MR) is 67.9 cm³/mol. The Morgan fingerprint density at radius 1 is 1.39 bits per heavy atom. The minimum atomic E-state index is -1.27. The van der Waals surface area contributed by atoms with Gasteiger partial charge in [-0.2, -0.15) is 0 Å². The molecule has 0 fully saturated rings. The molecule has 1 aromatic heterocycles. The van der Waals surface area contributed by atoms with Crippen LogP contribution in [0.3, 0.4) is 0 Å². The highest BCUT2D eigenvalue weighted by molar-refractivity contribution is 9.10. The summed E-state index contributed by atoms with van der Waals surface area (Å²) in [7, 11) is 0. The van der Waals surface area contributed by atoms with E-state index < -0.39 is 11.6 Å². The van der Waals surface area contributed by atoms with Crippen molar-refractivity contribution < 1.29 is 14.4 Å². The van der Waals surface area contributed by atoms with Crippen LogP contribution in [0, 0.1) is 6.92 Å². The first-order valence-electron chi connectivity index (χ1n) is 5.17. The van der Waals surface area contributed by atoms with Crippen LogP contribution < -0.4 is 5.63 Å². The van der Waals surface area contributed by atoms with Crippen molar-refractivity contribution >= 4 is 21.9 Å². The van der Waals surface area contributed by atoms with Crippen LogP contribution >= 0.6 is 15.9 Å². The molecule has 1 heterocycles. The summed E-state index contributed by atoms with van der Waals surface area (Å²) in [4.78, 5) is 22.2. The summed E-state index contributed by atoms with van der Waals surface area (Å²) in [5.74, 6) is -1.27. The van der Waals surface area contributed by atoms with E-state index in [-0.39, 0.29) is 5.56 Å². The normalized spacial score (nSPS) is 10.6. The highest BCUT2D eigenvalue weighted by Crippen LogP contribution is 2.13. The van der Waals surface area contributed by atoms with Crippen LogP contribution in [0.5, 0.6) is 0 Å². The zero-order chi connectivity index (χ0) is 13.3. The van der Waals surface area contributed by atoms with Crippen molar-refractivity contribution in [3.8, 4) is 0 Å². The third-order valence-electron chi connectivity index (χ3n) is 2.59. The minimum Gasteiger partial charge on any atom is -0.477 e. The molecule has 0 aliphatic heterocycles. The van der Waals surface area contributed by atoms with Gasteiger partial charge in [0.15, 0.2) is 5.56 Å². The van der Waals surface area contributed by atoms with E-state index in [0.29, 0.717) is 12.2 Å². The third-order valence-corrected chi connectivity index (χ3v) is 3.12. The van der Waals surface area contributed by atoms with Crippen molar-refractivity contribution in [1.29, 1.82) is 0 Å². The fourth-order valence-corrected chi connectivity index (χ4v) is 1.90. The molecule has 0 saturated heterocycles. The highest BCUT2D eigenvalue weighted by Gasteiger charge is 2.19. The van der Waals surface area contributed by atoms with Gasteiger partial charge in [0.1, 0.15) is 0 Å². The Kier molecular flexibility index (Phi) is 3.38. The predicted octanol–water partition coefficient (Wildman–Crippen LogP) is 2.26. The number of hydrogen-bond acceptors (Lipinski definition) is 3. The second-order valence-electron chi connectivity index (χ2n) is 3.81. The van der Waals surface area contributed by atoms with E-state index in [0.717, 1.165) is 10.0 Å². The summed E-state index contributed by atoms with van der Waals surface area (Å²) in [6, 6.07) is 7.46. The Hall–Kier alpha value is -1.82. The molecule has 0 bridgehead atoms. The lowest BCUT2D eigenvalue weighted by Gasteiger charge is -2.03. The second-order valence-corrected chi connectivity index (χ2v) is 4.72. The molecule has 0 amide bonds. The van der Waals surface area contributed by atoms with Gasteiger partial charge >= 0.3 is 11.6 Å². The lowest BCUT2D eigenvalue weighted by Crippen LogP contribution is -2.09. The largest absolute Gasteiger partial charge is 0.477 e. The molecule has 5 nitrogen and oxygen atoms in total. The molecular formula is C12H10BrNO4. The van der Waals surface area contributed by atoms with E-state index in [1.165, 1.54) is 4.74 Å². The summed E-state index contributed by atoms with van der Waals surface area (Å²) in [5.41, 5.74) is 0.0941. The van der Waals surface area contributed by atoms with Gasteiger partial charge < -0.3 is 9.63 Å². The molecule has 0 spiro atoms. The van der Waals surface area contributed by atoms with E-state index >= 15 is 0 Å². The molecular weight excluding hydrogens is 302 g/mol. The van der Waals surface area contributed by atoms with Crippen molar-refractivity contribution in [2.24, 2.45) is 0 Å². The van der Waals surface area contributed by atoms with Gasteiger partial charge in [0.05, 0.1) is 12.2 Å². The fourth-order valence-electron chi connectivity index (χ4n) is 1.64. The van der Waals surface area contributed by atoms with Crippen LogP contribution in [0.4, 0.5) is 0 Å². The van der Waals surface area contributed by atoms with Crippen LogP contribution in [0.15, 0.2) is 38.1 Å². The summed E-state index contributed by atoms with van der Waals surface area (Å²) in [6.07, 6.45) is 0. The molecule has 18 heavy (non-hydrogen) atoms. The van der Waals surface area contributed by atoms with E-state index in [9.17, 15) is 9.59 Å². The number of aromatic carboxylic acids is 1. The number of rotatable bonds is 3. The zero-order valence-electron chi connectivity index (χ0n) is 9.51. The third kappa shape index (κ3) is 2.38. The Balaban J connectivity index is 2.36. The molecule has 2 rings (SSSR count). The number of nitrogens with zero attached hydrogens (tertiary/aromatic N) is 1. The summed E-state index contributed by atoms with van der Waals surface area (Å²) < 4.78 is 7.14. The number of aromatic nitrogens is 1. The van der Waals surface area contributed by atoms with Crippen molar-refractivity contribution in [1.82, 2.24) is 4.74 Å². The Bertz CT molecular complexity index is 639. The molecule has 0 unspecified atom stereocenters. The standard InChI is InChI=1S/C12H10BrNO4/c1-7-10(11(15)16)12(17)18-14(7)6-8-2-4-9(13)5-3-8/h2-5H,6H2,1H3,(H,15,16). The minimum absolute atomic E-state index is 0.313. The smallest absolute Gasteiger partial charge is 0.372 e. The van der Waals surface area contributed by atoms with Gasteiger partial charge in [-0.3, -0.25) is 0 Å². The molecule has 6 heteroatoms. The average Bonchev–Trinajstić information content (AvgIpc) is 2.57. The van der Waals surface area contributed by atoms with Gasteiger partial charge in [-0.1, -0.05) is 28.1 Å². The maximum absolute atomic E-state index is 11.4. The fraction of sp³-hybridized carbons (Fsp3) is 0.167. The molecule has 1 aromatic carbocycles. The van der Waals surface area contributed by atoms with Crippen LogP contribution in [0.25, 0.3) is 0 Å². The number of hydrogen-bond donors (Lipinski definition) is 1. The van der Waals surface area contributed by atoms with Gasteiger partial charge in [-0.05, 0) is 24.6 Å². The summed E-state index contributed by atoms with van der Waals surface area (Å²) >= 11 is 3.32. The SMILES string of the molecule is Cc1c(C(=O)O)c(=O)on1Cc1ccc(Br)cc1. The van der Waals surface area contributed by atoms with E-state index in [1.807, 2.05) is 24.3 Å². The van der Waals surface area contributed by atoms with Crippen LogP contribution in [0.2, 0.25) is 0 Å². The van der Waals surface area contributed by atoms with E-state index in [2.05, 4.69) is 15.9 Å². The zero-order valence-corrected chi connectivity index (χ0v) is 11.1. The molecule has 1 N–H and O–H groups in total. The number of benzene rings is 1. The monoisotopic (exact) mass is 311 g/mol. The molecule has 0 aliphatic carbocycles. The molecule has 2 aromatic rings. The molecule has 0 atom stereocenters. The number of halogens is 1. The topological polar surface area (TPSA) is 72.4 Å². The lowest BCUT2D eigenvalue weighted by atomic mass is 10.2. The van der Waals surface area contributed by atoms with Crippen molar-refractivity contribution in [3.63, 3.8) is 0 Å². The first-order chi connectivity index (χ1) is 8.49. The molecule has 0 radical (unpaired) electrons. The van der Waals surface area contributed by atoms with Crippen molar-refractivity contribution in [3.05, 3.63) is 56.0 Å². The van der Waals surface area contributed by atoms with Crippen LogP contribution in [-0.2, 0) is 6.54 Å². The van der Waals surface area contributed by atoms with Crippen molar-refractivity contribution in [2.45, 2.75) is 13.5 Å². The molecule has 0 aliphatic rings. The number of carbonyl (C=O) groups is 1. The number of carboxylic acid groups (broad SMARTS) is 1. The summed E-state index contributed by atoms with van der Waals surface area (Å²) in [6.45, 7) is 1.87. The Morgan fingerprint density at radius 3 is 2.50 bits per heavy atom. The quantitative estimate of drug-likeness (QED) is 0.943. The Morgan fingerprint density at radius 2 is 2.00 bits per heavy atom. The van der Waals surface area contributed by atoms with Gasteiger partial charge in [0.25, 0.3) is 0 Å². The molecule has 94 valence electrons. The van der Waals surface area contributed by atoms with Crippen LogP contribution in [0.1, 0.15) is 21.6 Å². The lowest BCUT2D eigenvalue weighted by molar-refractivity contribution is 0.0693. The maximum atomic E-state index is 11.4. The maximum Gasteiger partial charge on any atom is 0.372 e.